The number of ether oxygens (including phenoxy) is 1. The van der Waals surface area contributed by atoms with Gasteiger partial charge in [-0.1, -0.05) is 24.6 Å². The lowest BCUT2D eigenvalue weighted by molar-refractivity contribution is 0.0208. The van der Waals surface area contributed by atoms with Gasteiger partial charge in [-0.15, -0.1) is 0 Å². The Labute approximate surface area is 156 Å². The monoisotopic (exact) mass is 366 g/mol. The zero-order valence-corrected chi connectivity index (χ0v) is 15.5. The van der Waals surface area contributed by atoms with E-state index < -0.39 is 11.6 Å². The van der Waals surface area contributed by atoms with Crippen molar-refractivity contribution in [2.45, 2.75) is 52.1 Å². The van der Waals surface area contributed by atoms with Crippen molar-refractivity contribution in [3.8, 4) is 11.5 Å². The molecule has 1 aliphatic carbocycles. The molecule has 1 aromatic carbocycles. The van der Waals surface area contributed by atoms with Gasteiger partial charge in [0.25, 0.3) is 0 Å². The summed E-state index contributed by atoms with van der Waals surface area (Å²) in [4.78, 5) is 25.2. The van der Waals surface area contributed by atoms with Crippen LogP contribution in [0.5, 0.6) is 0 Å². The minimum Gasteiger partial charge on any atom is -0.459 e. The molecule has 4 rings (SSSR count). The Morgan fingerprint density at radius 3 is 2.52 bits per heavy atom. The fraction of sp³-hybridized carbons (Fsp3) is 0.364. The molecule has 2 heterocycles. The number of hydrogen-bond donors (Lipinski definition) is 0. The maximum atomic E-state index is 12.8. The largest absolute Gasteiger partial charge is 0.459 e. The number of hydrogen-bond acceptors (Lipinski definition) is 5. The lowest BCUT2D eigenvalue weighted by Gasteiger charge is -2.22. The number of para-hydroxylation sites is 1. The molecule has 0 unspecified atom stereocenters. The van der Waals surface area contributed by atoms with Gasteiger partial charge in [-0.2, -0.15) is 0 Å². The van der Waals surface area contributed by atoms with Crippen LogP contribution in [0.2, 0.25) is 0 Å². The van der Waals surface area contributed by atoms with Crippen molar-refractivity contribution >= 4 is 16.9 Å². The van der Waals surface area contributed by atoms with E-state index in [4.69, 9.17) is 13.6 Å². The number of benzene rings is 1. The smallest absolute Gasteiger partial charge is 0.340 e. The van der Waals surface area contributed by atoms with Gasteiger partial charge in [-0.25, -0.2) is 9.59 Å². The van der Waals surface area contributed by atoms with Gasteiger partial charge in [0.1, 0.15) is 11.7 Å². The molecular formula is C22H22O5. The third kappa shape index (κ3) is 3.29. The van der Waals surface area contributed by atoms with E-state index in [9.17, 15) is 9.59 Å². The molecule has 5 nitrogen and oxygen atoms in total. The van der Waals surface area contributed by atoms with Gasteiger partial charge < -0.3 is 13.6 Å². The summed E-state index contributed by atoms with van der Waals surface area (Å²) in [7, 11) is 0. The number of fused-ring (bicyclic) bond motifs is 1. The van der Waals surface area contributed by atoms with Crippen LogP contribution in [0.25, 0.3) is 22.5 Å². The first-order valence-corrected chi connectivity index (χ1v) is 9.39. The number of carbonyl (C=O) groups is 1. The topological polar surface area (TPSA) is 69.7 Å². The summed E-state index contributed by atoms with van der Waals surface area (Å²) < 4.78 is 17.0. The molecular weight excluding hydrogens is 344 g/mol. The SMILES string of the molecule is Cc1c(-c2cc3ccccc3o2)oc(=O)c(C)c1C(=O)OC1CCCCC1. The average molecular weight is 366 g/mol. The maximum absolute atomic E-state index is 12.8. The van der Waals surface area contributed by atoms with Crippen LogP contribution in [0.3, 0.4) is 0 Å². The summed E-state index contributed by atoms with van der Waals surface area (Å²) in [5.74, 6) is 0.247. The van der Waals surface area contributed by atoms with Gasteiger partial charge >= 0.3 is 11.6 Å². The Balaban J connectivity index is 1.75. The molecule has 0 saturated heterocycles. The first-order chi connectivity index (χ1) is 13.0. The Kier molecular flexibility index (Phi) is 4.60. The molecule has 0 spiro atoms. The van der Waals surface area contributed by atoms with E-state index in [-0.39, 0.29) is 23.0 Å². The number of rotatable bonds is 3. The van der Waals surface area contributed by atoms with Crippen molar-refractivity contribution in [3.05, 3.63) is 57.4 Å². The van der Waals surface area contributed by atoms with Crippen LogP contribution in [0.15, 0.2) is 44.0 Å². The molecule has 5 heteroatoms. The summed E-state index contributed by atoms with van der Waals surface area (Å²) >= 11 is 0. The average Bonchev–Trinajstić information content (AvgIpc) is 3.09. The second kappa shape index (κ2) is 7.06. The van der Waals surface area contributed by atoms with Gasteiger partial charge in [0.15, 0.2) is 11.5 Å². The summed E-state index contributed by atoms with van der Waals surface area (Å²) in [5.41, 5.74) is 1.26. The van der Waals surface area contributed by atoms with Crippen molar-refractivity contribution in [1.29, 1.82) is 0 Å². The Morgan fingerprint density at radius 1 is 1.04 bits per heavy atom. The zero-order valence-electron chi connectivity index (χ0n) is 15.5. The zero-order chi connectivity index (χ0) is 19.0. The van der Waals surface area contributed by atoms with Crippen molar-refractivity contribution in [2.75, 3.05) is 0 Å². The van der Waals surface area contributed by atoms with E-state index in [1.807, 2.05) is 30.3 Å². The first-order valence-electron chi connectivity index (χ1n) is 9.39. The Bertz CT molecular complexity index is 1020. The molecule has 0 amide bonds. The molecule has 0 aliphatic heterocycles. The molecule has 0 N–H and O–H groups in total. The summed E-state index contributed by atoms with van der Waals surface area (Å²) in [5, 5.41) is 0.904. The molecule has 1 saturated carbocycles. The van der Waals surface area contributed by atoms with Crippen LogP contribution in [0, 0.1) is 13.8 Å². The van der Waals surface area contributed by atoms with Gasteiger partial charge in [0, 0.05) is 16.5 Å². The van der Waals surface area contributed by atoms with Crippen molar-refractivity contribution in [2.24, 2.45) is 0 Å². The summed E-state index contributed by atoms with van der Waals surface area (Å²) in [6, 6.07) is 9.36. The molecule has 140 valence electrons. The van der Waals surface area contributed by atoms with Crippen molar-refractivity contribution < 1.29 is 18.4 Å². The highest BCUT2D eigenvalue weighted by Gasteiger charge is 2.26. The molecule has 27 heavy (non-hydrogen) atoms. The lowest BCUT2D eigenvalue weighted by Crippen LogP contribution is -2.24. The van der Waals surface area contributed by atoms with Gasteiger partial charge in [0.05, 0.1) is 5.56 Å². The maximum Gasteiger partial charge on any atom is 0.340 e. The predicted octanol–water partition coefficient (Wildman–Crippen LogP) is 5.16. The predicted molar refractivity (Wildman–Crippen MR) is 102 cm³/mol. The van der Waals surface area contributed by atoms with Crippen LogP contribution in [-0.4, -0.2) is 12.1 Å². The third-order valence-electron chi connectivity index (χ3n) is 5.27. The fourth-order valence-corrected chi connectivity index (χ4v) is 3.77. The molecule has 2 aromatic heterocycles. The van der Waals surface area contributed by atoms with E-state index >= 15 is 0 Å². The molecule has 1 fully saturated rings. The Morgan fingerprint density at radius 2 is 1.78 bits per heavy atom. The minimum absolute atomic E-state index is 0.0769. The number of carbonyl (C=O) groups excluding carboxylic acids is 1. The van der Waals surface area contributed by atoms with Crippen LogP contribution >= 0.6 is 0 Å². The summed E-state index contributed by atoms with van der Waals surface area (Å²) in [6.07, 6.45) is 4.99. The highest BCUT2D eigenvalue weighted by atomic mass is 16.5. The highest BCUT2D eigenvalue weighted by Crippen LogP contribution is 2.32. The van der Waals surface area contributed by atoms with E-state index in [0.29, 0.717) is 16.9 Å². The van der Waals surface area contributed by atoms with Crippen LogP contribution in [0.4, 0.5) is 0 Å². The molecule has 0 radical (unpaired) electrons. The third-order valence-corrected chi connectivity index (χ3v) is 5.27. The van der Waals surface area contributed by atoms with E-state index in [2.05, 4.69) is 0 Å². The first kappa shape index (κ1) is 17.6. The van der Waals surface area contributed by atoms with Crippen LogP contribution in [-0.2, 0) is 4.74 Å². The highest BCUT2D eigenvalue weighted by molar-refractivity contribution is 5.94. The van der Waals surface area contributed by atoms with E-state index in [1.54, 1.807) is 13.8 Å². The lowest BCUT2D eigenvalue weighted by atomic mass is 9.97. The molecule has 1 aliphatic rings. The van der Waals surface area contributed by atoms with Gasteiger partial charge in [-0.05, 0) is 51.7 Å². The van der Waals surface area contributed by atoms with Gasteiger partial charge in [-0.3, -0.25) is 0 Å². The quantitative estimate of drug-likeness (QED) is 0.599. The summed E-state index contributed by atoms with van der Waals surface area (Å²) in [6.45, 7) is 3.36. The van der Waals surface area contributed by atoms with E-state index in [0.717, 1.165) is 31.1 Å². The fourth-order valence-electron chi connectivity index (χ4n) is 3.77. The van der Waals surface area contributed by atoms with E-state index in [1.165, 1.54) is 6.42 Å². The van der Waals surface area contributed by atoms with Gasteiger partial charge in [0.2, 0.25) is 0 Å². The normalized spacial score (nSPS) is 15.2. The van der Waals surface area contributed by atoms with Crippen LogP contribution in [0.1, 0.15) is 53.6 Å². The van der Waals surface area contributed by atoms with Crippen LogP contribution < -0.4 is 5.63 Å². The van der Waals surface area contributed by atoms with Crippen molar-refractivity contribution in [1.82, 2.24) is 0 Å². The second-order valence-corrected chi connectivity index (χ2v) is 7.16. The Hall–Kier alpha value is -2.82. The second-order valence-electron chi connectivity index (χ2n) is 7.16. The number of furan rings is 1. The molecule has 0 bridgehead atoms. The molecule has 0 atom stereocenters. The minimum atomic E-state index is -0.549. The molecule has 3 aromatic rings. The van der Waals surface area contributed by atoms with Crippen molar-refractivity contribution in [3.63, 3.8) is 0 Å². The number of esters is 1. The standard InChI is InChI=1S/C22H22O5/c1-13-19(22(24)25-16-9-4-3-5-10-16)14(2)21(23)27-20(13)18-12-15-8-6-7-11-17(15)26-18/h6-8,11-12,16H,3-5,9-10H2,1-2H3.